The number of halogens is 3. The summed E-state index contributed by atoms with van der Waals surface area (Å²) in [6, 6.07) is 4.05. The predicted octanol–water partition coefficient (Wildman–Crippen LogP) is 1.75. The Morgan fingerprint density at radius 1 is 1.21 bits per heavy atom. The minimum atomic E-state index is -4.41. The van der Waals surface area contributed by atoms with Crippen molar-refractivity contribution in [3.8, 4) is 0 Å². The van der Waals surface area contributed by atoms with Gasteiger partial charge in [0.1, 0.15) is 11.5 Å². The van der Waals surface area contributed by atoms with E-state index in [-0.39, 0.29) is 6.04 Å². The lowest BCUT2D eigenvalue weighted by Crippen LogP contribution is -2.48. The van der Waals surface area contributed by atoms with Crippen molar-refractivity contribution in [2.24, 2.45) is 0 Å². The molecule has 8 heteroatoms. The minimum Gasteiger partial charge on any atom is -0.352 e. The summed E-state index contributed by atoms with van der Waals surface area (Å²) in [6.45, 7) is 1.16. The maximum absolute atomic E-state index is 12.5. The molecule has 0 aliphatic carbocycles. The first kappa shape index (κ1) is 11.9. The molecular formula is C11H10F3N5. The second-order valence-electron chi connectivity index (χ2n) is 4.32. The van der Waals surface area contributed by atoms with E-state index in [1.807, 2.05) is 0 Å². The van der Waals surface area contributed by atoms with E-state index in [1.165, 1.54) is 6.07 Å². The van der Waals surface area contributed by atoms with E-state index in [9.17, 15) is 13.2 Å². The molecule has 19 heavy (non-hydrogen) atoms. The SMILES string of the molecule is FC(F)(F)c1cccc(N2CC(n3ccnn3)C2)n1. The summed E-state index contributed by atoms with van der Waals surface area (Å²) in [5, 5.41) is 7.56. The van der Waals surface area contributed by atoms with E-state index < -0.39 is 11.9 Å². The maximum atomic E-state index is 12.5. The van der Waals surface area contributed by atoms with Crippen molar-refractivity contribution >= 4 is 5.82 Å². The van der Waals surface area contributed by atoms with Crippen molar-refractivity contribution in [1.82, 2.24) is 20.0 Å². The zero-order valence-electron chi connectivity index (χ0n) is 9.75. The Morgan fingerprint density at radius 3 is 2.63 bits per heavy atom. The highest BCUT2D eigenvalue weighted by molar-refractivity contribution is 5.43. The van der Waals surface area contributed by atoms with Crippen LogP contribution in [0.15, 0.2) is 30.6 Å². The van der Waals surface area contributed by atoms with E-state index in [0.717, 1.165) is 6.07 Å². The van der Waals surface area contributed by atoms with Crippen molar-refractivity contribution < 1.29 is 13.2 Å². The number of aromatic nitrogens is 4. The molecule has 0 amide bonds. The second kappa shape index (κ2) is 4.22. The van der Waals surface area contributed by atoms with Crippen LogP contribution >= 0.6 is 0 Å². The van der Waals surface area contributed by atoms with Crippen LogP contribution in [0.5, 0.6) is 0 Å². The molecule has 3 rings (SSSR count). The largest absolute Gasteiger partial charge is 0.433 e. The third-order valence-corrected chi connectivity index (χ3v) is 3.03. The maximum Gasteiger partial charge on any atom is 0.433 e. The lowest BCUT2D eigenvalue weighted by atomic mass is 10.1. The Labute approximate surface area is 106 Å². The van der Waals surface area contributed by atoms with Gasteiger partial charge in [-0.15, -0.1) is 5.10 Å². The zero-order valence-corrected chi connectivity index (χ0v) is 9.75. The van der Waals surface area contributed by atoms with Gasteiger partial charge in [-0.2, -0.15) is 13.2 Å². The number of hydrogen-bond donors (Lipinski definition) is 0. The molecule has 0 unspecified atom stereocenters. The van der Waals surface area contributed by atoms with Gasteiger partial charge in [0.25, 0.3) is 0 Å². The Morgan fingerprint density at radius 2 is 2.00 bits per heavy atom. The molecule has 0 bridgehead atoms. The highest BCUT2D eigenvalue weighted by Crippen LogP contribution is 2.31. The van der Waals surface area contributed by atoms with Crippen molar-refractivity contribution in [3.63, 3.8) is 0 Å². The number of pyridine rings is 1. The lowest BCUT2D eigenvalue weighted by molar-refractivity contribution is -0.141. The Hall–Kier alpha value is -2.12. The van der Waals surface area contributed by atoms with Crippen LogP contribution in [0, 0.1) is 0 Å². The van der Waals surface area contributed by atoms with Crippen LogP contribution in [0.2, 0.25) is 0 Å². The smallest absolute Gasteiger partial charge is 0.352 e. The minimum absolute atomic E-state index is 0.138. The first-order valence-corrected chi connectivity index (χ1v) is 5.69. The standard InChI is InChI=1S/C11H10F3N5/c12-11(13,14)9-2-1-3-10(16-9)18-6-8(7-18)19-5-4-15-17-19/h1-5,8H,6-7H2. The monoisotopic (exact) mass is 269 g/mol. The van der Waals surface area contributed by atoms with Crippen molar-refractivity contribution in [1.29, 1.82) is 0 Å². The quantitative estimate of drug-likeness (QED) is 0.833. The summed E-state index contributed by atoms with van der Waals surface area (Å²) in [5.41, 5.74) is -0.866. The molecule has 1 aliphatic heterocycles. The van der Waals surface area contributed by atoms with Crippen LogP contribution in [0.4, 0.5) is 19.0 Å². The molecule has 0 saturated carbocycles. The van der Waals surface area contributed by atoms with Gasteiger partial charge in [-0.05, 0) is 12.1 Å². The number of alkyl halides is 3. The number of nitrogens with zero attached hydrogens (tertiary/aromatic N) is 5. The molecular weight excluding hydrogens is 259 g/mol. The van der Waals surface area contributed by atoms with E-state index in [4.69, 9.17) is 0 Å². The van der Waals surface area contributed by atoms with Crippen LogP contribution in [0.25, 0.3) is 0 Å². The van der Waals surface area contributed by atoms with Crippen LogP contribution in [0.3, 0.4) is 0 Å². The predicted molar refractivity (Wildman–Crippen MR) is 60.5 cm³/mol. The average molecular weight is 269 g/mol. The lowest BCUT2D eigenvalue weighted by Gasteiger charge is -2.39. The molecule has 5 nitrogen and oxygen atoms in total. The molecule has 2 aromatic heterocycles. The first-order chi connectivity index (χ1) is 9.04. The summed E-state index contributed by atoms with van der Waals surface area (Å²) in [5.74, 6) is 0.339. The molecule has 2 aromatic rings. The second-order valence-corrected chi connectivity index (χ2v) is 4.32. The van der Waals surface area contributed by atoms with Crippen molar-refractivity contribution in [2.45, 2.75) is 12.2 Å². The van der Waals surface area contributed by atoms with Crippen molar-refractivity contribution in [3.05, 3.63) is 36.3 Å². The molecule has 0 atom stereocenters. The third kappa shape index (κ3) is 2.25. The van der Waals surface area contributed by atoms with E-state index in [2.05, 4.69) is 15.3 Å². The fourth-order valence-corrected chi connectivity index (χ4v) is 1.98. The normalized spacial score (nSPS) is 16.5. The topological polar surface area (TPSA) is 46.8 Å². The van der Waals surface area contributed by atoms with Gasteiger partial charge in [-0.25, -0.2) is 9.67 Å². The Kier molecular flexibility index (Phi) is 2.65. The van der Waals surface area contributed by atoms with Crippen LogP contribution < -0.4 is 4.90 Å². The fraction of sp³-hybridized carbons (Fsp3) is 0.364. The van der Waals surface area contributed by atoms with E-state index >= 15 is 0 Å². The molecule has 0 N–H and O–H groups in total. The van der Waals surface area contributed by atoms with Gasteiger partial charge in [0.2, 0.25) is 0 Å². The Bertz CT molecular complexity index is 560. The summed E-state index contributed by atoms with van der Waals surface area (Å²) in [4.78, 5) is 5.42. The van der Waals surface area contributed by atoms with Gasteiger partial charge in [-0.1, -0.05) is 11.3 Å². The van der Waals surface area contributed by atoms with E-state index in [1.54, 1.807) is 28.0 Å². The van der Waals surface area contributed by atoms with Crippen molar-refractivity contribution in [2.75, 3.05) is 18.0 Å². The zero-order chi connectivity index (χ0) is 13.5. The van der Waals surface area contributed by atoms with Crippen LogP contribution in [-0.4, -0.2) is 33.1 Å². The number of anilines is 1. The molecule has 100 valence electrons. The highest BCUT2D eigenvalue weighted by atomic mass is 19.4. The molecule has 1 saturated heterocycles. The molecule has 0 spiro atoms. The molecule has 1 fully saturated rings. The van der Waals surface area contributed by atoms with Gasteiger partial charge in [-0.3, -0.25) is 0 Å². The summed E-state index contributed by atoms with van der Waals surface area (Å²) in [6.07, 6.45) is -1.10. The van der Waals surface area contributed by atoms with Crippen LogP contribution in [-0.2, 0) is 6.18 Å². The van der Waals surface area contributed by atoms with Gasteiger partial charge < -0.3 is 4.90 Å². The fourth-order valence-electron chi connectivity index (χ4n) is 1.98. The summed E-state index contributed by atoms with van der Waals surface area (Å²) < 4.78 is 39.3. The first-order valence-electron chi connectivity index (χ1n) is 5.69. The van der Waals surface area contributed by atoms with Gasteiger partial charge in [0, 0.05) is 19.3 Å². The highest BCUT2D eigenvalue weighted by Gasteiger charge is 2.35. The number of hydrogen-bond acceptors (Lipinski definition) is 4. The molecule has 0 radical (unpaired) electrons. The Balaban J connectivity index is 1.72. The van der Waals surface area contributed by atoms with Gasteiger partial charge in [0.05, 0.1) is 12.2 Å². The van der Waals surface area contributed by atoms with Crippen LogP contribution in [0.1, 0.15) is 11.7 Å². The summed E-state index contributed by atoms with van der Waals surface area (Å²) in [7, 11) is 0. The average Bonchev–Trinajstić information content (AvgIpc) is 2.80. The molecule has 0 aromatic carbocycles. The van der Waals surface area contributed by atoms with Gasteiger partial charge in [0.15, 0.2) is 0 Å². The third-order valence-electron chi connectivity index (χ3n) is 3.03. The molecule has 3 heterocycles. The van der Waals surface area contributed by atoms with E-state index in [0.29, 0.717) is 18.9 Å². The number of rotatable bonds is 2. The molecule has 1 aliphatic rings. The summed E-state index contributed by atoms with van der Waals surface area (Å²) >= 11 is 0. The van der Waals surface area contributed by atoms with Gasteiger partial charge >= 0.3 is 6.18 Å².